The third-order valence-corrected chi connectivity index (χ3v) is 9.07. The Balaban J connectivity index is 0.000000213. The number of hydrogen-bond donors (Lipinski definition) is 0. The van der Waals surface area contributed by atoms with E-state index in [0.717, 1.165) is 64.3 Å². The molecular formula is C43H39BrN6O4. The van der Waals surface area contributed by atoms with Crippen LogP contribution in [-0.2, 0) is 22.4 Å². The standard InChI is InChI=1S/C24H23N3O3.C19H16BrN3O/c1-3-12-27-21-10-8-17(9-11-23(28)30-4-2)13-20(21)15-22(27)26-24(29)19-7-5-6-18(14-19)16-25;1-2-8-23-17-7-6-16(20)10-15(17)11-18(23)22-19(24)14-5-3-4-13(9-14)12-21/h5-11,13-14H,3-4,12,15H2,1-2H3;3-7,9-10H,2,8,11H2,1H3/b11-9+,26-22?;. The quantitative estimate of drug-likeness (QED) is 0.122. The smallest absolute Gasteiger partial charge is 0.330 e. The molecule has 4 aromatic rings. The Morgan fingerprint density at radius 3 is 1.76 bits per heavy atom. The van der Waals surface area contributed by atoms with Gasteiger partial charge in [0.25, 0.3) is 11.8 Å². The Labute approximate surface area is 323 Å². The molecule has 0 atom stereocenters. The molecule has 4 aromatic carbocycles. The van der Waals surface area contributed by atoms with E-state index in [9.17, 15) is 14.4 Å². The molecule has 10 nitrogen and oxygen atoms in total. The Morgan fingerprint density at radius 2 is 1.26 bits per heavy atom. The summed E-state index contributed by atoms with van der Waals surface area (Å²) >= 11 is 3.49. The maximum atomic E-state index is 12.7. The summed E-state index contributed by atoms with van der Waals surface area (Å²) < 4.78 is 5.93. The van der Waals surface area contributed by atoms with Crippen molar-refractivity contribution in [1.82, 2.24) is 0 Å². The lowest BCUT2D eigenvalue weighted by atomic mass is 10.1. The molecule has 2 amide bonds. The second-order valence-corrected chi connectivity index (χ2v) is 13.4. The Morgan fingerprint density at radius 1 is 0.741 bits per heavy atom. The van der Waals surface area contributed by atoms with E-state index < -0.39 is 0 Å². The van der Waals surface area contributed by atoms with Gasteiger partial charge in [-0.25, -0.2) is 4.79 Å². The number of fused-ring (bicyclic) bond motifs is 2. The minimum absolute atomic E-state index is 0.310. The SMILES string of the molecule is CCCN1C(=NC(=O)c2cccc(C#N)c2)Cc2cc(/C=C/C(=O)OCC)ccc21.CCCN1C(=NC(=O)c2cccc(C#N)c2)Cc2cc(Br)ccc21. The van der Waals surface area contributed by atoms with Gasteiger partial charge in [-0.3, -0.25) is 9.59 Å². The van der Waals surface area contributed by atoms with Gasteiger partial charge in [0.1, 0.15) is 11.7 Å². The third kappa shape index (κ3) is 9.62. The lowest BCUT2D eigenvalue weighted by Crippen LogP contribution is -2.28. The summed E-state index contributed by atoms with van der Waals surface area (Å²) in [7, 11) is 0. The van der Waals surface area contributed by atoms with Crippen molar-refractivity contribution in [3.63, 3.8) is 0 Å². The number of esters is 1. The number of anilines is 2. The van der Waals surface area contributed by atoms with Crippen LogP contribution in [0.4, 0.5) is 11.4 Å². The van der Waals surface area contributed by atoms with Crippen LogP contribution in [0.2, 0.25) is 0 Å². The van der Waals surface area contributed by atoms with Crippen molar-refractivity contribution >= 4 is 62.8 Å². The maximum Gasteiger partial charge on any atom is 0.330 e. The van der Waals surface area contributed by atoms with Crippen LogP contribution in [0.1, 0.15) is 82.1 Å². The molecule has 2 aliphatic heterocycles. The van der Waals surface area contributed by atoms with Crippen molar-refractivity contribution in [1.29, 1.82) is 10.5 Å². The number of aliphatic imine (C=N–C) groups is 2. The Kier molecular flexibility index (Phi) is 13.4. The predicted octanol–water partition coefficient (Wildman–Crippen LogP) is 8.48. The van der Waals surface area contributed by atoms with E-state index in [4.69, 9.17) is 15.3 Å². The number of nitrogens with zero attached hydrogens (tertiary/aromatic N) is 6. The van der Waals surface area contributed by atoms with E-state index in [1.807, 2.05) is 36.4 Å². The molecule has 0 saturated carbocycles. The zero-order valence-electron chi connectivity index (χ0n) is 30.4. The van der Waals surface area contributed by atoms with Crippen LogP contribution < -0.4 is 9.80 Å². The van der Waals surface area contributed by atoms with Crippen molar-refractivity contribution < 1.29 is 19.1 Å². The van der Waals surface area contributed by atoms with Crippen molar-refractivity contribution in [2.45, 2.75) is 46.5 Å². The van der Waals surface area contributed by atoms with Crippen molar-refractivity contribution in [2.24, 2.45) is 9.98 Å². The molecule has 2 heterocycles. The van der Waals surface area contributed by atoms with Gasteiger partial charge in [0, 0.05) is 59.0 Å². The Hall–Kier alpha value is -6.17. The predicted molar refractivity (Wildman–Crippen MR) is 215 cm³/mol. The van der Waals surface area contributed by atoms with E-state index in [1.54, 1.807) is 61.5 Å². The second kappa shape index (κ2) is 18.5. The minimum atomic E-state index is -0.377. The fourth-order valence-electron chi connectivity index (χ4n) is 6.19. The number of ether oxygens (including phenoxy) is 1. The highest BCUT2D eigenvalue weighted by molar-refractivity contribution is 9.10. The lowest BCUT2D eigenvalue weighted by molar-refractivity contribution is -0.137. The van der Waals surface area contributed by atoms with Crippen LogP contribution in [0.5, 0.6) is 0 Å². The van der Waals surface area contributed by atoms with Crippen LogP contribution in [0.25, 0.3) is 6.08 Å². The van der Waals surface area contributed by atoms with E-state index >= 15 is 0 Å². The second-order valence-electron chi connectivity index (χ2n) is 12.5. The van der Waals surface area contributed by atoms with E-state index in [2.05, 4.69) is 61.7 Å². The minimum Gasteiger partial charge on any atom is -0.463 e. The highest BCUT2D eigenvalue weighted by Gasteiger charge is 2.27. The first-order valence-electron chi connectivity index (χ1n) is 17.7. The molecule has 0 spiro atoms. The molecule has 0 unspecified atom stereocenters. The molecule has 2 aliphatic rings. The van der Waals surface area contributed by atoms with Crippen LogP contribution in [-0.4, -0.2) is 49.2 Å². The summed E-state index contributed by atoms with van der Waals surface area (Å²) in [6.45, 7) is 7.85. The lowest BCUT2D eigenvalue weighted by Gasteiger charge is -2.19. The van der Waals surface area contributed by atoms with Crippen LogP contribution in [0.15, 0.2) is 105 Å². The molecule has 0 aromatic heterocycles. The number of carbonyl (C=O) groups is 3. The molecule has 6 rings (SSSR count). The van der Waals surface area contributed by atoms with Gasteiger partial charge >= 0.3 is 5.97 Å². The molecule has 0 radical (unpaired) electrons. The average Bonchev–Trinajstić information content (AvgIpc) is 3.69. The third-order valence-electron chi connectivity index (χ3n) is 8.58. The monoisotopic (exact) mass is 782 g/mol. The molecule has 0 fully saturated rings. The van der Waals surface area contributed by atoms with Crippen molar-refractivity contribution in [3.8, 4) is 12.1 Å². The number of amides is 2. The summed E-state index contributed by atoms with van der Waals surface area (Å²) in [5.74, 6) is 0.398. The van der Waals surface area contributed by atoms with Gasteiger partial charge in [0.05, 0.1) is 29.9 Å². The first-order valence-corrected chi connectivity index (χ1v) is 18.5. The summed E-state index contributed by atoms with van der Waals surface area (Å²) in [4.78, 5) is 49.6. The number of halogens is 1. The number of benzene rings is 4. The zero-order chi connectivity index (χ0) is 38.6. The summed E-state index contributed by atoms with van der Waals surface area (Å²) in [6.07, 6.45) is 6.16. The fourth-order valence-corrected chi connectivity index (χ4v) is 6.60. The first-order chi connectivity index (χ1) is 26.2. The molecule has 54 heavy (non-hydrogen) atoms. The number of amidine groups is 2. The number of nitriles is 2. The molecule has 272 valence electrons. The molecule has 0 saturated heterocycles. The normalized spacial score (nSPS) is 14.3. The van der Waals surface area contributed by atoms with E-state index in [0.29, 0.717) is 47.5 Å². The summed E-state index contributed by atoms with van der Waals surface area (Å²) in [5, 5.41) is 18.0. The summed E-state index contributed by atoms with van der Waals surface area (Å²) in [6, 6.07) is 29.3. The van der Waals surface area contributed by atoms with E-state index in [-0.39, 0.29) is 17.8 Å². The number of rotatable bonds is 9. The highest BCUT2D eigenvalue weighted by atomic mass is 79.9. The van der Waals surface area contributed by atoms with Crippen LogP contribution >= 0.6 is 15.9 Å². The largest absolute Gasteiger partial charge is 0.463 e. The Bertz CT molecular complexity index is 2250. The topological polar surface area (TPSA) is 139 Å². The molecule has 11 heteroatoms. The average molecular weight is 784 g/mol. The van der Waals surface area contributed by atoms with Crippen LogP contribution in [0, 0.1) is 22.7 Å². The van der Waals surface area contributed by atoms with Gasteiger partial charge in [0.15, 0.2) is 0 Å². The van der Waals surface area contributed by atoms with Crippen molar-refractivity contribution in [2.75, 3.05) is 29.5 Å². The molecule has 0 N–H and O–H groups in total. The van der Waals surface area contributed by atoms with Crippen molar-refractivity contribution in [3.05, 3.63) is 134 Å². The van der Waals surface area contributed by atoms with Gasteiger partial charge < -0.3 is 14.5 Å². The van der Waals surface area contributed by atoms with E-state index in [1.165, 1.54) is 6.08 Å². The number of hydrogen-bond acceptors (Lipinski definition) is 6. The van der Waals surface area contributed by atoms with Gasteiger partial charge in [-0.05, 0) is 109 Å². The van der Waals surface area contributed by atoms with Gasteiger partial charge in [-0.15, -0.1) is 0 Å². The zero-order valence-corrected chi connectivity index (χ0v) is 32.0. The first kappa shape index (κ1) is 39.0. The molecule has 0 bridgehead atoms. The maximum absolute atomic E-state index is 12.7. The van der Waals surface area contributed by atoms with Gasteiger partial charge in [-0.1, -0.05) is 48.0 Å². The summed E-state index contributed by atoms with van der Waals surface area (Å²) in [5.41, 5.74) is 6.95. The highest BCUT2D eigenvalue weighted by Crippen LogP contribution is 2.33. The van der Waals surface area contributed by atoms with Gasteiger partial charge in [-0.2, -0.15) is 20.5 Å². The fraction of sp³-hybridized carbons (Fsp3) is 0.233. The molecular weight excluding hydrogens is 744 g/mol. The molecule has 0 aliphatic carbocycles. The van der Waals surface area contributed by atoms with Gasteiger partial charge in [0.2, 0.25) is 0 Å². The number of carbonyl (C=O) groups excluding carboxylic acids is 3. The van der Waals surface area contributed by atoms with Crippen LogP contribution in [0.3, 0.4) is 0 Å².